The van der Waals surface area contributed by atoms with Gasteiger partial charge in [-0.15, -0.1) is 0 Å². The Morgan fingerprint density at radius 2 is 1.90 bits per heavy atom. The van der Waals surface area contributed by atoms with Crippen LogP contribution in [-0.4, -0.2) is 30.0 Å². The quantitative estimate of drug-likeness (QED) is 0.820. The van der Waals surface area contributed by atoms with Crippen molar-refractivity contribution in [1.82, 2.24) is 5.32 Å². The van der Waals surface area contributed by atoms with Crippen molar-refractivity contribution in [2.24, 2.45) is 11.8 Å². The van der Waals surface area contributed by atoms with Gasteiger partial charge in [-0.05, 0) is 39.0 Å². The Bertz CT molecular complexity index is 273. The highest BCUT2D eigenvalue weighted by molar-refractivity contribution is 7.59. The van der Waals surface area contributed by atoms with E-state index in [4.69, 9.17) is 4.74 Å². The van der Waals surface area contributed by atoms with Crippen LogP contribution in [0.3, 0.4) is 0 Å². The smallest absolute Gasteiger partial charge is 0.407 e. The van der Waals surface area contributed by atoms with E-state index in [-0.39, 0.29) is 26.0 Å². The van der Waals surface area contributed by atoms with Gasteiger partial charge >= 0.3 is 6.09 Å². The number of aliphatic hydroxyl groups is 1. The second-order valence-electron chi connectivity index (χ2n) is 6.67. The number of carbonyl (C=O) groups excluding carboxylic acids is 1. The van der Waals surface area contributed by atoms with Crippen molar-refractivity contribution in [1.29, 1.82) is 0 Å². The molecule has 0 heterocycles. The van der Waals surface area contributed by atoms with Crippen LogP contribution in [0.25, 0.3) is 0 Å². The van der Waals surface area contributed by atoms with Gasteiger partial charge in [0.25, 0.3) is 0 Å². The molecule has 1 fully saturated rings. The fourth-order valence-corrected chi connectivity index (χ4v) is 2.66. The number of aliphatic hydroxyl groups excluding tert-OH is 1. The van der Waals surface area contributed by atoms with E-state index in [9.17, 15) is 9.90 Å². The Morgan fingerprint density at radius 3 is 2.40 bits per heavy atom. The van der Waals surface area contributed by atoms with E-state index < -0.39 is 11.7 Å². The number of nitrogens with one attached hydrogen (secondary N) is 1. The molecule has 0 unspecified atom stereocenters. The highest BCUT2D eigenvalue weighted by Crippen LogP contribution is 2.28. The Hall–Kier alpha value is -0.420. The summed E-state index contributed by atoms with van der Waals surface area (Å²) in [6.45, 7) is 6.17. The fraction of sp³-hybridized carbons (Fsp3) is 0.933. The summed E-state index contributed by atoms with van der Waals surface area (Å²) in [5.41, 5.74) is -0.470. The maximum Gasteiger partial charge on any atom is 0.407 e. The molecule has 1 aliphatic rings. The molecule has 5 heteroatoms. The van der Waals surface area contributed by atoms with E-state index in [1.807, 2.05) is 20.8 Å². The monoisotopic (exact) mass is 305 g/mol. The van der Waals surface area contributed by atoms with Crippen LogP contribution >= 0.6 is 13.5 Å². The lowest BCUT2D eigenvalue weighted by Crippen LogP contribution is -2.36. The van der Waals surface area contributed by atoms with Crippen molar-refractivity contribution < 1.29 is 14.6 Å². The van der Waals surface area contributed by atoms with Crippen molar-refractivity contribution in [3.05, 3.63) is 0 Å². The molecule has 0 aromatic rings. The van der Waals surface area contributed by atoms with Gasteiger partial charge in [0.05, 0.1) is 0 Å². The van der Waals surface area contributed by atoms with Crippen LogP contribution in [0.4, 0.5) is 4.79 Å². The van der Waals surface area contributed by atoms with Crippen LogP contribution in [-0.2, 0) is 4.74 Å². The predicted octanol–water partition coefficient (Wildman–Crippen LogP) is 3.20. The van der Waals surface area contributed by atoms with Gasteiger partial charge in [0.2, 0.25) is 0 Å². The Kier molecular flexibility index (Phi) is 9.30. The van der Waals surface area contributed by atoms with Crippen molar-refractivity contribution in [2.45, 2.75) is 64.9 Å². The van der Waals surface area contributed by atoms with Gasteiger partial charge in [0.1, 0.15) is 5.60 Å². The second-order valence-corrected chi connectivity index (χ2v) is 6.67. The average Bonchev–Trinajstić information content (AvgIpc) is 2.33. The Labute approximate surface area is 130 Å². The zero-order valence-electron chi connectivity index (χ0n) is 13.1. The minimum Gasteiger partial charge on any atom is -0.444 e. The molecule has 0 aromatic heterocycles. The lowest BCUT2D eigenvalue weighted by Gasteiger charge is -2.26. The summed E-state index contributed by atoms with van der Waals surface area (Å²) in [5, 5.41) is 12.2. The molecular weight excluding hydrogens is 274 g/mol. The van der Waals surface area contributed by atoms with Crippen molar-refractivity contribution >= 4 is 19.6 Å². The molecule has 4 nitrogen and oxygen atoms in total. The van der Waals surface area contributed by atoms with E-state index in [2.05, 4.69) is 5.32 Å². The van der Waals surface area contributed by atoms with E-state index in [1.165, 1.54) is 32.1 Å². The SMILES string of the molecule is CC(C)(C)OC(=O)NC[C@@H](CO)CC1CCCCC1.S. The van der Waals surface area contributed by atoms with Gasteiger partial charge < -0.3 is 15.2 Å². The second kappa shape index (κ2) is 9.50. The molecule has 1 saturated carbocycles. The topological polar surface area (TPSA) is 58.6 Å². The third-order valence-corrected chi connectivity index (χ3v) is 3.58. The summed E-state index contributed by atoms with van der Waals surface area (Å²) in [4.78, 5) is 11.6. The number of amides is 1. The summed E-state index contributed by atoms with van der Waals surface area (Å²) in [6, 6.07) is 0. The molecule has 0 radical (unpaired) electrons. The van der Waals surface area contributed by atoms with Crippen LogP contribution in [0.2, 0.25) is 0 Å². The average molecular weight is 305 g/mol. The number of hydrogen-bond acceptors (Lipinski definition) is 3. The third-order valence-electron chi connectivity index (χ3n) is 3.58. The van der Waals surface area contributed by atoms with Crippen LogP contribution < -0.4 is 5.32 Å². The first-order chi connectivity index (χ1) is 8.90. The first-order valence-corrected chi connectivity index (χ1v) is 7.48. The van der Waals surface area contributed by atoms with Gasteiger partial charge in [-0.2, -0.15) is 13.5 Å². The number of ether oxygens (including phenoxy) is 1. The highest BCUT2D eigenvalue weighted by Gasteiger charge is 2.20. The van der Waals surface area contributed by atoms with Gasteiger partial charge in [0.15, 0.2) is 0 Å². The lowest BCUT2D eigenvalue weighted by atomic mass is 9.83. The van der Waals surface area contributed by atoms with Crippen molar-refractivity contribution in [3.63, 3.8) is 0 Å². The predicted molar refractivity (Wildman–Crippen MR) is 86.4 cm³/mol. The highest BCUT2D eigenvalue weighted by atomic mass is 32.1. The van der Waals surface area contributed by atoms with Crippen molar-refractivity contribution in [2.75, 3.05) is 13.2 Å². The number of alkyl carbamates (subject to hydrolysis) is 1. The van der Waals surface area contributed by atoms with Gasteiger partial charge in [0, 0.05) is 13.2 Å². The minimum absolute atomic E-state index is 0. The summed E-state index contributed by atoms with van der Waals surface area (Å²) < 4.78 is 5.19. The summed E-state index contributed by atoms with van der Waals surface area (Å²) >= 11 is 0. The standard InChI is InChI=1S/C15H29NO3.H2S/c1-15(2,3)19-14(18)16-10-13(11-17)9-12-7-5-4-6-8-12;/h12-13,17H,4-11H2,1-3H3,(H,16,18);1H2/t13-;/m0./s1. The zero-order chi connectivity index (χ0) is 14.3. The molecule has 0 saturated heterocycles. The van der Waals surface area contributed by atoms with Gasteiger partial charge in [-0.3, -0.25) is 0 Å². The molecular formula is C15H31NO3S. The maximum absolute atomic E-state index is 11.6. The van der Waals surface area contributed by atoms with Crippen LogP contribution in [0.5, 0.6) is 0 Å². The Morgan fingerprint density at radius 1 is 1.30 bits per heavy atom. The lowest BCUT2D eigenvalue weighted by molar-refractivity contribution is 0.0507. The van der Waals surface area contributed by atoms with Gasteiger partial charge in [-0.25, -0.2) is 4.79 Å². The molecule has 1 atom stereocenters. The molecule has 0 aromatic carbocycles. The molecule has 1 aliphatic carbocycles. The minimum atomic E-state index is -0.470. The van der Waals surface area contributed by atoms with E-state index in [0.29, 0.717) is 12.5 Å². The largest absolute Gasteiger partial charge is 0.444 e. The fourth-order valence-electron chi connectivity index (χ4n) is 2.66. The first-order valence-electron chi connectivity index (χ1n) is 7.48. The van der Waals surface area contributed by atoms with Crippen LogP contribution in [0.15, 0.2) is 0 Å². The molecule has 0 bridgehead atoms. The molecule has 2 N–H and O–H groups in total. The zero-order valence-corrected chi connectivity index (χ0v) is 14.1. The molecule has 1 rings (SSSR count). The molecule has 20 heavy (non-hydrogen) atoms. The summed E-state index contributed by atoms with van der Waals surface area (Å²) in [5.74, 6) is 0.863. The molecule has 120 valence electrons. The first kappa shape index (κ1) is 19.6. The Balaban J connectivity index is 0.00000361. The molecule has 1 amide bonds. The number of hydrogen-bond donors (Lipinski definition) is 2. The summed E-state index contributed by atoms with van der Waals surface area (Å²) in [7, 11) is 0. The van der Waals surface area contributed by atoms with E-state index >= 15 is 0 Å². The normalized spacial score (nSPS) is 18.0. The maximum atomic E-state index is 11.6. The summed E-state index contributed by atoms with van der Waals surface area (Å²) in [6.07, 6.45) is 7.11. The van der Waals surface area contributed by atoms with Crippen LogP contribution in [0, 0.1) is 11.8 Å². The van der Waals surface area contributed by atoms with Crippen LogP contribution in [0.1, 0.15) is 59.3 Å². The third kappa shape index (κ3) is 8.69. The van der Waals surface area contributed by atoms with Gasteiger partial charge in [-0.1, -0.05) is 32.1 Å². The number of carbonyl (C=O) groups is 1. The van der Waals surface area contributed by atoms with Crippen molar-refractivity contribution in [3.8, 4) is 0 Å². The van der Waals surface area contributed by atoms with E-state index in [1.54, 1.807) is 0 Å². The van der Waals surface area contributed by atoms with E-state index in [0.717, 1.165) is 6.42 Å². The molecule has 0 aliphatic heterocycles. The molecule has 0 spiro atoms. The number of rotatable bonds is 5.